The normalized spacial score (nSPS) is 19.6. The number of aromatic nitrogens is 5. The molecule has 1 aliphatic carbocycles. The molecule has 196 valence electrons. The molecule has 1 aliphatic heterocycles. The highest BCUT2D eigenvalue weighted by Gasteiger charge is 2.28. The summed E-state index contributed by atoms with van der Waals surface area (Å²) in [6.07, 6.45) is 9.38. The van der Waals surface area contributed by atoms with Crippen LogP contribution in [-0.4, -0.2) is 55.3 Å². The number of anilines is 3. The number of nitrogens with zero attached hydrogens (tertiary/aromatic N) is 5. The number of β-amino-alcohol motifs (C(OH)–C–C–N with tert-alkyl or cyclic N) is 1. The van der Waals surface area contributed by atoms with Crippen LogP contribution in [0.5, 0.6) is 0 Å². The van der Waals surface area contributed by atoms with E-state index in [1.165, 1.54) is 12.0 Å². The van der Waals surface area contributed by atoms with Gasteiger partial charge in [0.2, 0.25) is 0 Å². The van der Waals surface area contributed by atoms with Crippen LogP contribution in [0.15, 0.2) is 67.1 Å². The fraction of sp³-hybridized carbons (Fsp3) is 0.300. The van der Waals surface area contributed by atoms with E-state index in [2.05, 4.69) is 25.9 Å². The molecule has 0 unspecified atom stereocenters. The highest BCUT2D eigenvalue weighted by Crippen LogP contribution is 2.41. The number of rotatable bonds is 6. The molecular weight excluding hydrogens is 488 g/mol. The molecule has 0 spiro atoms. The maximum absolute atomic E-state index is 10.7. The molecule has 1 saturated carbocycles. The Bertz CT molecular complexity index is 1650. The summed E-state index contributed by atoms with van der Waals surface area (Å²) in [5.74, 6) is 3.18. The molecule has 9 nitrogen and oxygen atoms in total. The molecule has 9 heteroatoms. The van der Waals surface area contributed by atoms with Crippen molar-refractivity contribution in [3.05, 3.63) is 72.7 Å². The van der Waals surface area contributed by atoms with E-state index in [9.17, 15) is 5.11 Å². The Morgan fingerprint density at radius 2 is 1.82 bits per heavy atom. The number of benzene rings is 1. The summed E-state index contributed by atoms with van der Waals surface area (Å²) in [6, 6.07) is 15.8. The number of nitrogens with one attached hydrogen (secondary N) is 3. The van der Waals surface area contributed by atoms with Gasteiger partial charge in [-0.1, -0.05) is 24.6 Å². The van der Waals surface area contributed by atoms with E-state index < -0.39 is 6.10 Å². The number of piperidine rings is 1. The standard InChI is InChI=1S/C30H30N8O/c39-25-17-31-12-11-23(25)35-30-28-21(18-5-3-6-18)15-32-16-24(28)36-29(38-30)20-10-13-33-27(14-20)37-26-9-8-19-4-1-2-7-22(19)34-26/h1-2,4,7-10,13-16,18,23,25,31,39H,3,5-6,11-12,17H2,(H,33,34,37)(H,35,36,38)/t23-,25+/m1/s1. The van der Waals surface area contributed by atoms with E-state index in [4.69, 9.17) is 15.0 Å². The van der Waals surface area contributed by atoms with Gasteiger partial charge in [-0.3, -0.25) is 4.98 Å². The van der Waals surface area contributed by atoms with Crippen LogP contribution in [0.1, 0.15) is 37.2 Å². The minimum absolute atomic E-state index is 0.0896. The molecular formula is C30H30N8O. The van der Waals surface area contributed by atoms with Gasteiger partial charge in [0.1, 0.15) is 17.5 Å². The molecule has 4 aromatic heterocycles. The van der Waals surface area contributed by atoms with Gasteiger partial charge in [-0.2, -0.15) is 0 Å². The zero-order valence-electron chi connectivity index (χ0n) is 21.5. The average molecular weight is 519 g/mol. The van der Waals surface area contributed by atoms with Crippen molar-refractivity contribution in [2.75, 3.05) is 23.7 Å². The molecule has 39 heavy (non-hydrogen) atoms. The van der Waals surface area contributed by atoms with Gasteiger partial charge in [0, 0.05) is 35.3 Å². The average Bonchev–Trinajstić information content (AvgIpc) is 2.93. The summed E-state index contributed by atoms with van der Waals surface area (Å²) in [7, 11) is 0. The van der Waals surface area contributed by atoms with E-state index in [1.807, 2.05) is 60.9 Å². The Morgan fingerprint density at radius 1 is 0.897 bits per heavy atom. The van der Waals surface area contributed by atoms with Gasteiger partial charge in [0.25, 0.3) is 0 Å². The molecule has 4 N–H and O–H groups in total. The van der Waals surface area contributed by atoms with Crippen molar-refractivity contribution < 1.29 is 5.11 Å². The zero-order valence-corrected chi connectivity index (χ0v) is 21.5. The van der Waals surface area contributed by atoms with Crippen LogP contribution >= 0.6 is 0 Å². The highest BCUT2D eigenvalue weighted by molar-refractivity contribution is 5.93. The monoisotopic (exact) mass is 518 g/mol. The predicted molar refractivity (Wildman–Crippen MR) is 153 cm³/mol. The summed E-state index contributed by atoms with van der Waals surface area (Å²) in [5, 5.41) is 22.9. The molecule has 2 aliphatic rings. The van der Waals surface area contributed by atoms with E-state index in [-0.39, 0.29) is 6.04 Å². The van der Waals surface area contributed by atoms with Gasteiger partial charge in [-0.05, 0) is 67.6 Å². The fourth-order valence-electron chi connectivity index (χ4n) is 5.46. The molecule has 7 rings (SSSR count). The smallest absolute Gasteiger partial charge is 0.162 e. The number of fused-ring (bicyclic) bond motifs is 2. The van der Waals surface area contributed by atoms with Crippen LogP contribution in [-0.2, 0) is 0 Å². The third-order valence-electron chi connectivity index (χ3n) is 7.83. The molecule has 1 aromatic carbocycles. The largest absolute Gasteiger partial charge is 0.390 e. The number of pyridine rings is 3. The van der Waals surface area contributed by atoms with Crippen molar-refractivity contribution in [1.29, 1.82) is 0 Å². The maximum atomic E-state index is 10.7. The van der Waals surface area contributed by atoms with Gasteiger partial charge in [0.05, 0.1) is 29.4 Å². The molecule has 0 radical (unpaired) electrons. The van der Waals surface area contributed by atoms with Crippen molar-refractivity contribution in [2.45, 2.75) is 43.7 Å². The second-order valence-corrected chi connectivity index (χ2v) is 10.4. The van der Waals surface area contributed by atoms with E-state index >= 15 is 0 Å². The lowest BCUT2D eigenvalue weighted by molar-refractivity contribution is 0.128. The first-order chi connectivity index (χ1) is 19.2. The Balaban J connectivity index is 1.27. The summed E-state index contributed by atoms with van der Waals surface area (Å²) in [6.45, 7) is 1.41. The topological polar surface area (TPSA) is 121 Å². The molecule has 1 saturated heterocycles. The minimum atomic E-state index is -0.493. The summed E-state index contributed by atoms with van der Waals surface area (Å²) in [4.78, 5) is 23.7. The number of hydrogen-bond donors (Lipinski definition) is 4. The molecule has 0 amide bonds. The molecule has 2 atom stereocenters. The number of hydrogen-bond acceptors (Lipinski definition) is 9. The predicted octanol–water partition coefficient (Wildman–Crippen LogP) is 4.78. The fourth-order valence-corrected chi connectivity index (χ4v) is 5.46. The minimum Gasteiger partial charge on any atom is -0.390 e. The first-order valence-corrected chi connectivity index (χ1v) is 13.6. The van der Waals surface area contributed by atoms with Gasteiger partial charge in [-0.15, -0.1) is 0 Å². The quantitative estimate of drug-likeness (QED) is 0.252. The van der Waals surface area contributed by atoms with Crippen LogP contribution in [0.25, 0.3) is 33.2 Å². The van der Waals surface area contributed by atoms with Crippen molar-refractivity contribution in [3.63, 3.8) is 0 Å². The molecule has 0 bridgehead atoms. The Morgan fingerprint density at radius 3 is 2.69 bits per heavy atom. The van der Waals surface area contributed by atoms with Crippen LogP contribution in [0.3, 0.4) is 0 Å². The number of aliphatic hydroxyl groups excluding tert-OH is 1. The Labute approximate surface area is 226 Å². The second kappa shape index (κ2) is 10.2. The number of aliphatic hydroxyl groups is 1. The van der Waals surface area contributed by atoms with Crippen molar-refractivity contribution in [1.82, 2.24) is 30.2 Å². The number of para-hydroxylation sites is 1. The van der Waals surface area contributed by atoms with Crippen LogP contribution in [0.4, 0.5) is 17.5 Å². The Kier molecular flexibility index (Phi) is 6.22. The summed E-state index contributed by atoms with van der Waals surface area (Å²) < 4.78 is 0. The zero-order chi connectivity index (χ0) is 26.2. The van der Waals surface area contributed by atoms with Gasteiger partial charge >= 0.3 is 0 Å². The van der Waals surface area contributed by atoms with Gasteiger partial charge in [0.15, 0.2) is 5.82 Å². The summed E-state index contributed by atoms with van der Waals surface area (Å²) >= 11 is 0. The molecule has 5 heterocycles. The lowest BCUT2D eigenvalue weighted by atomic mass is 9.79. The van der Waals surface area contributed by atoms with E-state index in [1.54, 1.807) is 6.20 Å². The van der Waals surface area contributed by atoms with Crippen molar-refractivity contribution >= 4 is 39.3 Å². The summed E-state index contributed by atoms with van der Waals surface area (Å²) in [5.41, 5.74) is 3.74. The van der Waals surface area contributed by atoms with Crippen LogP contribution in [0.2, 0.25) is 0 Å². The second-order valence-electron chi connectivity index (χ2n) is 10.4. The lowest BCUT2D eigenvalue weighted by Crippen LogP contribution is -2.47. The molecule has 2 fully saturated rings. The third-order valence-corrected chi connectivity index (χ3v) is 7.83. The van der Waals surface area contributed by atoms with Crippen molar-refractivity contribution in [2.24, 2.45) is 0 Å². The maximum Gasteiger partial charge on any atom is 0.162 e. The SMILES string of the molecule is O[C@H]1CNCC[C@H]1Nc1nc(-c2ccnc(Nc3ccc4ccccc4n3)c2)nc2cncc(C3CCC3)c12. The highest BCUT2D eigenvalue weighted by atomic mass is 16.3. The lowest BCUT2D eigenvalue weighted by Gasteiger charge is -2.31. The first-order valence-electron chi connectivity index (χ1n) is 13.6. The van der Waals surface area contributed by atoms with Gasteiger partial charge < -0.3 is 21.1 Å². The van der Waals surface area contributed by atoms with E-state index in [0.717, 1.165) is 64.8 Å². The Hall–Kier alpha value is -4.21. The van der Waals surface area contributed by atoms with E-state index in [0.29, 0.717) is 24.1 Å². The van der Waals surface area contributed by atoms with Crippen LogP contribution in [0, 0.1) is 0 Å². The third kappa shape index (κ3) is 4.75. The first kappa shape index (κ1) is 23.9. The van der Waals surface area contributed by atoms with Crippen molar-refractivity contribution in [3.8, 4) is 11.4 Å². The van der Waals surface area contributed by atoms with Gasteiger partial charge in [-0.25, -0.2) is 19.9 Å². The molecule has 5 aromatic rings. The van der Waals surface area contributed by atoms with Crippen LogP contribution < -0.4 is 16.0 Å².